The van der Waals surface area contributed by atoms with Gasteiger partial charge in [-0.1, -0.05) is 74.5 Å². The van der Waals surface area contributed by atoms with E-state index >= 15 is 0 Å². The number of hydrogen-bond donors (Lipinski definition) is 0. The summed E-state index contributed by atoms with van der Waals surface area (Å²) in [5.41, 5.74) is 5.07. The van der Waals surface area contributed by atoms with Gasteiger partial charge < -0.3 is 0 Å². The first-order valence-electron chi connectivity index (χ1n) is 9.18. The number of carbonyl (C=O) groups is 1. The van der Waals surface area contributed by atoms with Gasteiger partial charge in [0, 0.05) is 5.69 Å². The van der Waals surface area contributed by atoms with Gasteiger partial charge in [0.15, 0.2) is 0 Å². The molecule has 3 nitrogen and oxygen atoms in total. The summed E-state index contributed by atoms with van der Waals surface area (Å²) in [4.78, 5) is 13.5. The minimum absolute atomic E-state index is 0.00185. The monoisotopic (exact) mass is 346 g/mol. The number of benzene rings is 2. The summed E-state index contributed by atoms with van der Waals surface area (Å²) in [7, 11) is 0. The fourth-order valence-corrected chi connectivity index (χ4v) is 3.48. The van der Waals surface area contributed by atoms with Crippen molar-refractivity contribution in [1.82, 2.24) is 9.78 Å². The lowest BCUT2D eigenvalue weighted by molar-refractivity contribution is 0.0874. The van der Waals surface area contributed by atoms with Crippen molar-refractivity contribution in [1.29, 1.82) is 0 Å². The average Bonchev–Trinajstić information content (AvgIpc) is 2.91. The molecule has 3 rings (SSSR count). The molecule has 0 spiro atoms. The summed E-state index contributed by atoms with van der Waals surface area (Å²) in [5.74, 6) is 0.166. The van der Waals surface area contributed by atoms with Crippen LogP contribution in [0.5, 0.6) is 0 Å². The van der Waals surface area contributed by atoms with Gasteiger partial charge in [0.25, 0.3) is 5.91 Å². The third-order valence-electron chi connectivity index (χ3n) is 4.78. The van der Waals surface area contributed by atoms with Crippen LogP contribution in [-0.4, -0.2) is 15.7 Å². The molecular weight excluding hydrogens is 320 g/mol. The Labute approximate surface area is 155 Å². The molecule has 0 fully saturated rings. The minimum Gasteiger partial charge on any atom is -0.271 e. The van der Waals surface area contributed by atoms with Crippen LogP contribution < -0.4 is 0 Å². The van der Waals surface area contributed by atoms with Crippen molar-refractivity contribution in [3.05, 3.63) is 88.7 Å². The highest BCUT2D eigenvalue weighted by Gasteiger charge is 2.27. The van der Waals surface area contributed by atoms with Gasteiger partial charge in [0.05, 0.1) is 11.6 Å². The van der Waals surface area contributed by atoms with Crippen LogP contribution in [0.25, 0.3) is 0 Å². The maximum absolute atomic E-state index is 13.5. The van der Waals surface area contributed by atoms with Crippen LogP contribution in [0, 0.1) is 19.8 Å². The number of carbonyl (C=O) groups excluding carboxylic acids is 1. The van der Waals surface area contributed by atoms with Crippen molar-refractivity contribution < 1.29 is 4.79 Å². The Balaban J connectivity index is 2.07. The van der Waals surface area contributed by atoms with Crippen LogP contribution in [0.4, 0.5) is 0 Å². The van der Waals surface area contributed by atoms with Gasteiger partial charge in [0.1, 0.15) is 0 Å². The standard InChI is InChI=1S/C23H26N2O/c1-16(2)15-21-17(3)24-25(18(21)4)23(26)22(19-11-7-5-8-12-19)20-13-9-6-10-14-20/h5-14,16,22H,15H2,1-4H3. The zero-order valence-corrected chi connectivity index (χ0v) is 15.9. The fraction of sp³-hybridized carbons (Fsp3) is 0.304. The van der Waals surface area contributed by atoms with Crippen molar-refractivity contribution in [2.24, 2.45) is 5.92 Å². The van der Waals surface area contributed by atoms with Crippen LogP contribution in [0.1, 0.15) is 52.6 Å². The van der Waals surface area contributed by atoms with E-state index in [2.05, 4.69) is 18.9 Å². The molecule has 0 bridgehead atoms. The first-order chi connectivity index (χ1) is 12.5. The molecule has 0 atom stereocenters. The van der Waals surface area contributed by atoms with E-state index in [-0.39, 0.29) is 11.8 Å². The van der Waals surface area contributed by atoms with Gasteiger partial charge in [-0.15, -0.1) is 0 Å². The zero-order chi connectivity index (χ0) is 18.7. The maximum Gasteiger partial charge on any atom is 0.259 e. The third-order valence-corrected chi connectivity index (χ3v) is 4.78. The Morgan fingerprint density at radius 1 is 0.923 bits per heavy atom. The molecule has 0 amide bonds. The van der Waals surface area contributed by atoms with Gasteiger partial charge in [-0.05, 0) is 42.9 Å². The second-order valence-electron chi connectivity index (χ2n) is 7.25. The Hall–Kier alpha value is -2.68. The number of aryl methyl sites for hydroxylation is 1. The lowest BCUT2D eigenvalue weighted by Crippen LogP contribution is -2.23. The normalized spacial score (nSPS) is 11.3. The highest BCUT2D eigenvalue weighted by atomic mass is 16.2. The van der Waals surface area contributed by atoms with Gasteiger partial charge in [0.2, 0.25) is 0 Å². The third kappa shape index (κ3) is 3.62. The van der Waals surface area contributed by atoms with Crippen molar-refractivity contribution in [2.75, 3.05) is 0 Å². The van der Waals surface area contributed by atoms with Gasteiger partial charge in [-0.3, -0.25) is 4.79 Å². The van der Waals surface area contributed by atoms with Crippen LogP contribution in [-0.2, 0) is 6.42 Å². The Bertz CT molecular complexity index is 840. The highest BCUT2D eigenvalue weighted by Crippen LogP contribution is 2.28. The van der Waals surface area contributed by atoms with E-state index in [0.29, 0.717) is 5.92 Å². The second kappa shape index (κ2) is 7.69. The molecule has 3 heteroatoms. The van der Waals surface area contributed by atoms with Crippen LogP contribution >= 0.6 is 0 Å². The Morgan fingerprint density at radius 2 is 1.42 bits per heavy atom. The van der Waals surface area contributed by atoms with Gasteiger partial charge in [-0.2, -0.15) is 5.10 Å². The fourth-order valence-electron chi connectivity index (χ4n) is 3.48. The van der Waals surface area contributed by atoms with Crippen molar-refractivity contribution in [2.45, 2.75) is 40.0 Å². The molecule has 0 saturated carbocycles. The van der Waals surface area contributed by atoms with Crippen molar-refractivity contribution in [3.63, 3.8) is 0 Å². The van der Waals surface area contributed by atoms with E-state index in [1.807, 2.05) is 74.5 Å². The molecular formula is C23H26N2O. The number of nitrogens with zero attached hydrogens (tertiary/aromatic N) is 2. The van der Waals surface area contributed by atoms with Crippen LogP contribution in [0.15, 0.2) is 60.7 Å². The first kappa shape index (κ1) is 18.1. The van der Waals surface area contributed by atoms with E-state index < -0.39 is 0 Å². The average molecular weight is 346 g/mol. The smallest absolute Gasteiger partial charge is 0.259 e. The lowest BCUT2D eigenvalue weighted by atomic mass is 9.90. The number of aromatic nitrogens is 2. The molecule has 0 unspecified atom stereocenters. The molecule has 2 aromatic carbocycles. The summed E-state index contributed by atoms with van der Waals surface area (Å²) < 4.78 is 1.61. The molecule has 0 aliphatic carbocycles. The largest absolute Gasteiger partial charge is 0.271 e. The molecule has 1 heterocycles. The number of rotatable bonds is 5. The van der Waals surface area contributed by atoms with E-state index in [1.165, 1.54) is 5.56 Å². The molecule has 1 aromatic heterocycles. The van der Waals surface area contributed by atoms with E-state index in [0.717, 1.165) is 28.9 Å². The predicted molar refractivity (Wildman–Crippen MR) is 106 cm³/mol. The Kier molecular flexibility index (Phi) is 5.36. The van der Waals surface area contributed by atoms with Crippen LogP contribution in [0.2, 0.25) is 0 Å². The summed E-state index contributed by atoms with van der Waals surface area (Å²) in [6, 6.07) is 19.9. The summed E-state index contributed by atoms with van der Waals surface area (Å²) in [6.45, 7) is 8.38. The molecule has 0 aliphatic rings. The van der Waals surface area contributed by atoms with Crippen molar-refractivity contribution >= 4 is 5.91 Å². The van der Waals surface area contributed by atoms with Gasteiger partial charge in [-0.25, -0.2) is 4.68 Å². The molecule has 134 valence electrons. The first-order valence-corrected chi connectivity index (χ1v) is 9.18. The number of hydrogen-bond acceptors (Lipinski definition) is 2. The van der Waals surface area contributed by atoms with E-state index in [1.54, 1.807) is 4.68 Å². The quantitative estimate of drug-likeness (QED) is 0.639. The Morgan fingerprint density at radius 3 is 1.88 bits per heavy atom. The predicted octanol–water partition coefficient (Wildman–Crippen LogP) is 5.17. The highest BCUT2D eigenvalue weighted by molar-refractivity contribution is 5.89. The maximum atomic E-state index is 13.5. The van der Waals surface area contributed by atoms with Crippen molar-refractivity contribution in [3.8, 4) is 0 Å². The molecule has 26 heavy (non-hydrogen) atoms. The molecule has 0 saturated heterocycles. The van der Waals surface area contributed by atoms with Crippen LogP contribution in [0.3, 0.4) is 0 Å². The SMILES string of the molecule is Cc1nn(C(=O)C(c2ccccc2)c2ccccc2)c(C)c1CC(C)C. The topological polar surface area (TPSA) is 34.9 Å². The molecule has 0 radical (unpaired) electrons. The summed E-state index contributed by atoms with van der Waals surface area (Å²) in [5, 5.41) is 4.60. The lowest BCUT2D eigenvalue weighted by Gasteiger charge is -2.17. The van der Waals surface area contributed by atoms with Gasteiger partial charge >= 0.3 is 0 Å². The molecule has 0 aliphatic heterocycles. The summed E-state index contributed by atoms with van der Waals surface area (Å²) >= 11 is 0. The second-order valence-corrected chi connectivity index (χ2v) is 7.25. The van der Waals surface area contributed by atoms with E-state index in [9.17, 15) is 4.79 Å². The molecule has 0 N–H and O–H groups in total. The summed E-state index contributed by atoms with van der Waals surface area (Å²) in [6.07, 6.45) is 0.937. The van der Waals surface area contributed by atoms with E-state index in [4.69, 9.17) is 0 Å². The minimum atomic E-state index is -0.359. The zero-order valence-electron chi connectivity index (χ0n) is 15.9. The molecule has 3 aromatic rings.